The molecule has 2 aliphatic rings. The lowest BCUT2D eigenvalue weighted by molar-refractivity contribution is -0.114. The molecule has 0 N–H and O–H groups in total. The van der Waals surface area contributed by atoms with Gasteiger partial charge in [-0.25, -0.2) is 9.48 Å². The van der Waals surface area contributed by atoms with E-state index in [0.717, 1.165) is 55.3 Å². The first-order valence-corrected chi connectivity index (χ1v) is 11.0. The summed E-state index contributed by atoms with van der Waals surface area (Å²) in [5.74, 6) is 0.288. The maximum Gasteiger partial charge on any atom is 0.410 e. The van der Waals surface area contributed by atoms with Crippen LogP contribution < -0.4 is 0 Å². The van der Waals surface area contributed by atoms with Crippen LogP contribution in [0, 0.1) is 5.92 Å². The molecule has 166 valence electrons. The Balaban J connectivity index is 1.30. The van der Waals surface area contributed by atoms with Crippen molar-refractivity contribution in [1.82, 2.24) is 19.9 Å². The number of benzene rings is 1. The predicted molar refractivity (Wildman–Crippen MR) is 113 cm³/mol. The van der Waals surface area contributed by atoms with Crippen LogP contribution in [-0.2, 0) is 34.5 Å². The van der Waals surface area contributed by atoms with Crippen LogP contribution in [0.3, 0.4) is 0 Å². The van der Waals surface area contributed by atoms with Crippen molar-refractivity contribution in [2.45, 2.75) is 63.4 Å². The Morgan fingerprint density at radius 2 is 2.06 bits per heavy atom. The lowest BCUT2D eigenvalue weighted by Gasteiger charge is -2.26. The summed E-state index contributed by atoms with van der Waals surface area (Å²) in [4.78, 5) is 25.1. The Morgan fingerprint density at radius 3 is 2.84 bits per heavy atom. The van der Waals surface area contributed by atoms with Crippen molar-refractivity contribution in [3.63, 3.8) is 0 Å². The number of hydrogen-bond acceptors (Lipinski definition) is 6. The summed E-state index contributed by atoms with van der Waals surface area (Å²) < 4.78 is 13.4. The van der Waals surface area contributed by atoms with Gasteiger partial charge >= 0.3 is 6.09 Å². The van der Waals surface area contributed by atoms with E-state index < -0.39 is 0 Å². The van der Waals surface area contributed by atoms with Crippen molar-refractivity contribution in [1.29, 1.82) is 0 Å². The Bertz CT molecular complexity index is 900. The fourth-order valence-electron chi connectivity index (χ4n) is 4.30. The second kappa shape index (κ2) is 9.60. The fraction of sp³-hybridized carbons (Fsp3) is 0.565. The standard InChI is InChI=1S/C23H30N4O4/c1-26(13-16-7-4-3-5-8-16)23(29)30-15-20-22(24-25-27(20)2)19-12-21(19)31-18-10-6-9-17(11-18)14-28/h3-5,7-8,14,17-19,21H,6,9-13,15H2,1-2H3/t17-,18?,19?,21?/m0/s1. The lowest BCUT2D eigenvalue weighted by Crippen LogP contribution is -2.27. The zero-order valence-electron chi connectivity index (χ0n) is 18.1. The first kappa shape index (κ1) is 21.5. The molecule has 2 saturated carbocycles. The van der Waals surface area contributed by atoms with Gasteiger partial charge in [0, 0.05) is 32.5 Å². The summed E-state index contributed by atoms with van der Waals surface area (Å²) in [5, 5.41) is 8.45. The summed E-state index contributed by atoms with van der Waals surface area (Å²) in [6.07, 6.45) is 5.62. The molecular weight excluding hydrogens is 396 g/mol. The van der Waals surface area contributed by atoms with E-state index in [4.69, 9.17) is 9.47 Å². The average Bonchev–Trinajstić information content (AvgIpc) is 3.44. The Labute approximate surface area is 182 Å². The van der Waals surface area contributed by atoms with Crippen LogP contribution in [0.4, 0.5) is 4.79 Å². The van der Waals surface area contributed by atoms with Crippen molar-refractivity contribution in [2.75, 3.05) is 7.05 Å². The van der Waals surface area contributed by atoms with Gasteiger partial charge in [-0.2, -0.15) is 0 Å². The van der Waals surface area contributed by atoms with Gasteiger partial charge in [0.2, 0.25) is 0 Å². The molecule has 8 heteroatoms. The van der Waals surface area contributed by atoms with E-state index in [2.05, 4.69) is 10.3 Å². The van der Waals surface area contributed by atoms with Crippen LogP contribution in [0.2, 0.25) is 0 Å². The lowest BCUT2D eigenvalue weighted by atomic mass is 9.88. The Hall–Kier alpha value is -2.74. The highest BCUT2D eigenvalue weighted by atomic mass is 16.6. The third kappa shape index (κ3) is 5.31. The third-order valence-electron chi connectivity index (χ3n) is 6.19. The SMILES string of the molecule is CN(Cc1ccccc1)C(=O)OCc1c(C2CC2OC2CCC[C@H](C=O)C2)nnn1C. The molecule has 4 rings (SSSR count). The molecule has 1 amide bonds. The quantitative estimate of drug-likeness (QED) is 0.603. The van der Waals surface area contributed by atoms with E-state index >= 15 is 0 Å². The molecule has 1 aromatic heterocycles. The second-order valence-corrected chi connectivity index (χ2v) is 8.64. The molecular formula is C23H30N4O4. The monoisotopic (exact) mass is 426 g/mol. The van der Waals surface area contributed by atoms with Gasteiger partial charge in [0.15, 0.2) is 0 Å². The molecule has 0 aliphatic heterocycles. The Kier molecular flexibility index (Phi) is 6.65. The van der Waals surface area contributed by atoms with E-state index in [1.807, 2.05) is 30.3 Å². The maximum atomic E-state index is 12.4. The summed E-state index contributed by atoms with van der Waals surface area (Å²) in [6, 6.07) is 9.79. The minimum Gasteiger partial charge on any atom is -0.443 e. The number of aromatic nitrogens is 3. The van der Waals surface area contributed by atoms with Crippen LogP contribution >= 0.6 is 0 Å². The third-order valence-corrected chi connectivity index (χ3v) is 6.19. The van der Waals surface area contributed by atoms with Gasteiger partial charge < -0.3 is 19.2 Å². The minimum atomic E-state index is -0.387. The van der Waals surface area contributed by atoms with Crippen LogP contribution in [0.25, 0.3) is 0 Å². The molecule has 4 atom stereocenters. The number of carbonyl (C=O) groups is 2. The van der Waals surface area contributed by atoms with Gasteiger partial charge in [-0.15, -0.1) is 5.10 Å². The predicted octanol–water partition coefficient (Wildman–Crippen LogP) is 3.21. The van der Waals surface area contributed by atoms with Crippen LogP contribution in [0.1, 0.15) is 55.0 Å². The number of aryl methyl sites for hydroxylation is 1. The number of carbonyl (C=O) groups excluding carboxylic acids is 2. The maximum absolute atomic E-state index is 12.4. The van der Waals surface area contributed by atoms with Crippen molar-refractivity contribution in [3.8, 4) is 0 Å². The highest BCUT2D eigenvalue weighted by molar-refractivity contribution is 5.67. The van der Waals surface area contributed by atoms with Gasteiger partial charge in [0.1, 0.15) is 12.9 Å². The zero-order chi connectivity index (χ0) is 21.8. The summed E-state index contributed by atoms with van der Waals surface area (Å²) >= 11 is 0. The van der Waals surface area contributed by atoms with Gasteiger partial charge in [0.25, 0.3) is 0 Å². The van der Waals surface area contributed by atoms with E-state index in [0.29, 0.717) is 6.54 Å². The molecule has 2 aliphatic carbocycles. The summed E-state index contributed by atoms with van der Waals surface area (Å²) in [6.45, 7) is 0.606. The van der Waals surface area contributed by atoms with Crippen LogP contribution in [-0.4, -0.2) is 51.5 Å². The first-order chi connectivity index (χ1) is 15.0. The molecule has 3 unspecified atom stereocenters. The number of hydrogen-bond donors (Lipinski definition) is 0. The number of nitrogens with zero attached hydrogens (tertiary/aromatic N) is 4. The highest BCUT2D eigenvalue weighted by Crippen LogP contribution is 2.45. The molecule has 8 nitrogen and oxygen atoms in total. The molecule has 1 aromatic carbocycles. The molecule has 2 fully saturated rings. The van der Waals surface area contributed by atoms with E-state index in [1.165, 1.54) is 0 Å². The van der Waals surface area contributed by atoms with Gasteiger partial charge in [0.05, 0.1) is 23.6 Å². The van der Waals surface area contributed by atoms with Gasteiger partial charge in [-0.1, -0.05) is 42.0 Å². The zero-order valence-corrected chi connectivity index (χ0v) is 18.1. The average molecular weight is 427 g/mol. The van der Waals surface area contributed by atoms with E-state index in [9.17, 15) is 9.59 Å². The molecule has 0 saturated heterocycles. The largest absolute Gasteiger partial charge is 0.443 e. The van der Waals surface area contributed by atoms with Crippen molar-refractivity contribution >= 4 is 12.4 Å². The van der Waals surface area contributed by atoms with E-state index in [1.54, 1.807) is 23.7 Å². The first-order valence-electron chi connectivity index (χ1n) is 11.0. The van der Waals surface area contributed by atoms with E-state index in [-0.39, 0.29) is 36.7 Å². The molecule has 0 radical (unpaired) electrons. The Morgan fingerprint density at radius 1 is 1.26 bits per heavy atom. The number of amides is 1. The summed E-state index contributed by atoms with van der Waals surface area (Å²) in [7, 11) is 3.53. The van der Waals surface area contributed by atoms with Crippen molar-refractivity contribution in [2.24, 2.45) is 13.0 Å². The number of aldehydes is 1. The molecule has 2 aromatic rings. The topological polar surface area (TPSA) is 86.6 Å². The highest BCUT2D eigenvalue weighted by Gasteiger charge is 2.45. The van der Waals surface area contributed by atoms with Crippen LogP contribution in [0.15, 0.2) is 30.3 Å². The molecule has 1 heterocycles. The summed E-state index contributed by atoms with van der Waals surface area (Å²) in [5.41, 5.74) is 2.68. The smallest absolute Gasteiger partial charge is 0.410 e. The van der Waals surface area contributed by atoms with Crippen molar-refractivity contribution < 1.29 is 19.1 Å². The fourth-order valence-corrected chi connectivity index (χ4v) is 4.30. The molecule has 0 bridgehead atoms. The normalized spacial score (nSPS) is 25.1. The number of rotatable bonds is 8. The van der Waals surface area contributed by atoms with Gasteiger partial charge in [-0.05, 0) is 31.2 Å². The van der Waals surface area contributed by atoms with Gasteiger partial charge in [-0.3, -0.25) is 0 Å². The molecule has 31 heavy (non-hydrogen) atoms. The minimum absolute atomic E-state index is 0.0994. The van der Waals surface area contributed by atoms with Crippen LogP contribution in [0.5, 0.6) is 0 Å². The second-order valence-electron chi connectivity index (χ2n) is 8.64. The molecule has 0 spiro atoms. The van der Waals surface area contributed by atoms with Crippen molar-refractivity contribution in [3.05, 3.63) is 47.3 Å². The number of ether oxygens (including phenoxy) is 2.